The number of carboxylic acids is 1. The maximum absolute atomic E-state index is 14.8. The van der Waals surface area contributed by atoms with Gasteiger partial charge in [0.15, 0.2) is 5.82 Å². The van der Waals surface area contributed by atoms with Crippen LogP contribution in [0.3, 0.4) is 0 Å². The molecule has 1 N–H and O–H groups in total. The lowest BCUT2D eigenvalue weighted by Crippen LogP contribution is -2.47. The summed E-state index contributed by atoms with van der Waals surface area (Å²) in [6.07, 6.45) is 4.64. The van der Waals surface area contributed by atoms with Crippen molar-refractivity contribution in [2.45, 2.75) is 69.1 Å². The molecule has 2 bridgehead atoms. The van der Waals surface area contributed by atoms with Gasteiger partial charge in [0.05, 0.1) is 27.5 Å². The number of aromatic carboxylic acids is 1. The molecule has 0 spiro atoms. The molecule has 4 aromatic rings. The Hall–Kier alpha value is -3.63. The predicted molar refractivity (Wildman–Crippen MR) is 154 cm³/mol. The van der Waals surface area contributed by atoms with Crippen LogP contribution in [0, 0.1) is 5.82 Å². The lowest BCUT2D eigenvalue weighted by atomic mass is 9.99. The summed E-state index contributed by atoms with van der Waals surface area (Å²) in [5.74, 6) is -0.734. The minimum atomic E-state index is -1.20. The Labute approximate surface area is 250 Å². The molecule has 7 rings (SSSR count). The van der Waals surface area contributed by atoms with Gasteiger partial charge < -0.3 is 23.8 Å². The van der Waals surface area contributed by atoms with Crippen molar-refractivity contribution >= 4 is 52.1 Å². The first-order chi connectivity index (χ1) is 20.2. The van der Waals surface area contributed by atoms with Gasteiger partial charge in [0.2, 0.25) is 5.95 Å². The van der Waals surface area contributed by atoms with Crippen molar-refractivity contribution in [1.29, 1.82) is 0 Å². The molecule has 3 aliphatic rings. The number of aromatic nitrogens is 3. The van der Waals surface area contributed by atoms with Crippen LogP contribution in [0.5, 0.6) is 0 Å². The smallest absolute Gasteiger partial charge is 0.335 e. The van der Waals surface area contributed by atoms with E-state index in [1.165, 1.54) is 6.07 Å². The molecular weight excluding hydrogens is 586 g/mol. The zero-order valence-corrected chi connectivity index (χ0v) is 24.2. The third-order valence-electron chi connectivity index (χ3n) is 8.67. The van der Waals surface area contributed by atoms with E-state index in [1.807, 2.05) is 0 Å². The molecule has 3 atom stereocenters. The predicted octanol–water partition coefficient (Wildman–Crippen LogP) is 6.54. The van der Waals surface area contributed by atoms with Gasteiger partial charge in [-0.25, -0.2) is 14.2 Å². The van der Waals surface area contributed by atoms with Crippen LogP contribution in [0.25, 0.3) is 22.3 Å². The Kier molecular flexibility index (Phi) is 6.66. The Balaban J connectivity index is 1.10. The van der Waals surface area contributed by atoms with Crippen molar-refractivity contribution in [3.63, 3.8) is 0 Å². The number of benzene rings is 2. The highest BCUT2D eigenvalue weighted by Crippen LogP contribution is 2.46. The van der Waals surface area contributed by atoms with Gasteiger partial charge in [0, 0.05) is 49.0 Å². The van der Waals surface area contributed by atoms with Gasteiger partial charge in [-0.2, -0.15) is 0 Å². The number of nitrogens with zero attached hydrogens (tertiary/aromatic N) is 4. The van der Waals surface area contributed by atoms with Gasteiger partial charge in [-0.15, -0.1) is 0 Å². The van der Waals surface area contributed by atoms with E-state index in [9.17, 15) is 19.1 Å². The van der Waals surface area contributed by atoms with E-state index in [1.54, 1.807) is 29.8 Å². The lowest BCUT2D eigenvalue weighted by molar-refractivity contribution is -0.149. The second kappa shape index (κ2) is 10.3. The number of carbonyl (C=O) groups is 2. The number of carbonyl (C=O) groups excluding carboxylic acids is 1. The number of aryl methyl sites for hydroxylation is 1. The summed E-state index contributed by atoms with van der Waals surface area (Å²) in [6.45, 7) is 0. The third kappa shape index (κ3) is 4.61. The summed E-state index contributed by atoms with van der Waals surface area (Å²) in [7, 11) is 1.76. The fourth-order valence-electron chi connectivity index (χ4n) is 6.59. The summed E-state index contributed by atoms with van der Waals surface area (Å²) < 4.78 is 28.2. The van der Waals surface area contributed by atoms with Gasteiger partial charge in [0.25, 0.3) is 0 Å². The molecular formula is C30H27Cl2FN4O5. The summed E-state index contributed by atoms with van der Waals surface area (Å²) in [4.78, 5) is 31.5. The topological polar surface area (TPSA) is 111 Å². The van der Waals surface area contributed by atoms with Gasteiger partial charge >= 0.3 is 11.9 Å². The maximum Gasteiger partial charge on any atom is 0.335 e. The van der Waals surface area contributed by atoms with Gasteiger partial charge in [-0.05, 0) is 49.9 Å². The van der Waals surface area contributed by atoms with Crippen molar-refractivity contribution in [3.8, 4) is 11.3 Å². The number of rotatable bonds is 7. The van der Waals surface area contributed by atoms with E-state index in [0.717, 1.165) is 31.7 Å². The minimum absolute atomic E-state index is 0.00227. The maximum atomic E-state index is 14.8. The number of hydrogen-bond acceptors (Lipinski definition) is 7. The number of piperidine rings is 1. The van der Waals surface area contributed by atoms with Crippen molar-refractivity contribution in [2.75, 3.05) is 4.90 Å². The number of imidazole rings is 1. The molecule has 12 heteroatoms. The first-order valence-electron chi connectivity index (χ1n) is 14.0. The van der Waals surface area contributed by atoms with Crippen LogP contribution in [0.1, 0.15) is 66.1 Å². The number of fused-ring (bicyclic) bond motifs is 3. The largest absolute Gasteiger partial charge is 0.478 e. The van der Waals surface area contributed by atoms with E-state index < -0.39 is 11.8 Å². The van der Waals surface area contributed by atoms with E-state index >= 15 is 0 Å². The fraction of sp³-hybridized carbons (Fsp3) is 0.400. The second-order valence-corrected chi connectivity index (χ2v) is 12.2. The number of carboxylic acid groups (broad SMARTS) is 1. The van der Waals surface area contributed by atoms with E-state index in [0.29, 0.717) is 56.9 Å². The average Bonchev–Trinajstić information content (AvgIpc) is 3.55. The number of halogens is 3. The Morgan fingerprint density at radius 1 is 1.12 bits per heavy atom. The normalized spacial score (nSPS) is 21.7. The molecule has 3 fully saturated rings. The zero-order valence-electron chi connectivity index (χ0n) is 22.6. The second-order valence-electron chi connectivity index (χ2n) is 11.4. The molecule has 2 saturated heterocycles. The highest BCUT2D eigenvalue weighted by Gasteiger charge is 2.44. The molecule has 42 heavy (non-hydrogen) atoms. The Morgan fingerprint density at radius 3 is 2.45 bits per heavy atom. The van der Waals surface area contributed by atoms with Crippen molar-refractivity contribution in [1.82, 2.24) is 14.7 Å². The Morgan fingerprint density at radius 2 is 1.81 bits per heavy atom. The van der Waals surface area contributed by atoms with Crippen LogP contribution in [0.4, 0.5) is 10.3 Å². The van der Waals surface area contributed by atoms with Gasteiger partial charge in [-0.3, -0.25) is 4.79 Å². The Bertz CT molecular complexity index is 1710. The standard InChI is InChI=1S/C30H27Cl2FN4O5/c1-36-23-10-15(29(39)40)9-22(33)27(23)34-30(36)37-16-7-8-17(37)12-18(11-16)41-24(38)13-19-26(35-42-28(19)14-5-6-14)25-20(31)3-2-4-21(25)32/h2-4,9-10,14,16-18H,5-8,11-13H2,1H3,(H,39,40)/t16-,17+,18-. The van der Waals surface area contributed by atoms with E-state index in [-0.39, 0.29) is 47.6 Å². The first-order valence-corrected chi connectivity index (χ1v) is 14.7. The summed E-state index contributed by atoms with van der Waals surface area (Å²) in [5.41, 5.74) is 2.12. The van der Waals surface area contributed by atoms with Crippen molar-refractivity contribution in [2.24, 2.45) is 7.05 Å². The van der Waals surface area contributed by atoms with Crippen LogP contribution in [0.2, 0.25) is 10.0 Å². The molecule has 1 aliphatic carbocycles. The van der Waals surface area contributed by atoms with Crippen LogP contribution in [0.15, 0.2) is 34.9 Å². The lowest BCUT2D eigenvalue weighted by Gasteiger charge is -2.39. The van der Waals surface area contributed by atoms with E-state index in [2.05, 4.69) is 15.0 Å². The van der Waals surface area contributed by atoms with Crippen molar-refractivity contribution < 1.29 is 28.3 Å². The zero-order chi connectivity index (χ0) is 29.3. The summed E-state index contributed by atoms with van der Waals surface area (Å²) >= 11 is 12.9. The summed E-state index contributed by atoms with van der Waals surface area (Å²) in [5, 5.41) is 14.5. The molecule has 2 aromatic heterocycles. The molecule has 218 valence electrons. The third-order valence-corrected chi connectivity index (χ3v) is 9.30. The summed E-state index contributed by atoms with van der Waals surface area (Å²) in [6, 6.07) is 7.74. The highest BCUT2D eigenvalue weighted by molar-refractivity contribution is 6.39. The highest BCUT2D eigenvalue weighted by atomic mass is 35.5. The fourth-order valence-corrected chi connectivity index (χ4v) is 7.17. The van der Waals surface area contributed by atoms with E-state index in [4.69, 9.17) is 32.5 Å². The number of ether oxygens (including phenoxy) is 1. The van der Waals surface area contributed by atoms with Crippen molar-refractivity contribution in [3.05, 3.63) is 63.1 Å². The SMILES string of the molecule is Cn1c(N2[C@@H]3CC[C@H]2C[C@H](OC(=O)Cc2c(-c4c(Cl)cccc4Cl)noc2C2CC2)C3)nc2c(F)cc(C(=O)O)cc21. The number of hydrogen-bond donors (Lipinski definition) is 1. The molecule has 0 radical (unpaired) electrons. The quantitative estimate of drug-likeness (QED) is 0.234. The van der Waals surface area contributed by atoms with Gasteiger partial charge in [0.1, 0.15) is 23.1 Å². The first kappa shape index (κ1) is 27.2. The molecule has 0 amide bonds. The minimum Gasteiger partial charge on any atom is -0.478 e. The molecule has 9 nitrogen and oxygen atoms in total. The number of esters is 1. The van der Waals surface area contributed by atoms with Crippen LogP contribution >= 0.6 is 23.2 Å². The monoisotopic (exact) mass is 612 g/mol. The molecule has 4 heterocycles. The van der Waals surface area contributed by atoms with Crippen LogP contribution in [-0.4, -0.2) is 49.9 Å². The average molecular weight is 613 g/mol. The molecule has 0 unspecified atom stereocenters. The molecule has 2 aromatic carbocycles. The van der Waals surface area contributed by atoms with Gasteiger partial charge in [-0.1, -0.05) is 34.4 Å². The van der Waals surface area contributed by atoms with Crippen LogP contribution < -0.4 is 4.90 Å². The van der Waals surface area contributed by atoms with Crippen LogP contribution in [-0.2, 0) is 23.0 Å². The molecule has 1 saturated carbocycles. The molecule has 2 aliphatic heterocycles. The number of anilines is 1.